The number of aromatic nitrogens is 1. The van der Waals surface area contributed by atoms with Crippen molar-refractivity contribution in [3.8, 4) is 6.07 Å². The largest absolute Gasteiger partial charge is 0.361 e. The minimum Gasteiger partial charge on any atom is -0.361 e. The molecule has 0 saturated carbocycles. The fraction of sp³-hybridized carbons (Fsp3) is 0.357. The highest BCUT2D eigenvalue weighted by molar-refractivity contribution is 5.84. The maximum absolute atomic E-state index is 8.83. The molecule has 0 radical (unpaired) electrons. The summed E-state index contributed by atoms with van der Waals surface area (Å²) >= 11 is 0. The van der Waals surface area contributed by atoms with Gasteiger partial charge in [0.1, 0.15) is 0 Å². The van der Waals surface area contributed by atoms with Gasteiger partial charge in [-0.15, -0.1) is 0 Å². The molecule has 0 fully saturated rings. The van der Waals surface area contributed by atoms with E-state index in [1.165, 1.54) is 10.9 Å². The molecule has 16 heavy (non-hydrogen) atoms. The molecule has 2 aromatic rings. The minimum absolute atomic E-state index is 0.281. The summed E-state index contributed by atoms with van der Waals surface area (Å²) in [5.74, 6) is 0. The van der Waals surface area contributed by atoms with E-state index in [1.807, 2.05) is 18.2 Å². The molecule has 0 atom stereocenters. The van der Waals surface area contributed by atoms with Crippen molar-refractivity contribution >= 4 is 10.9 Å². The lowest BCUT2D eigenvalue weighted by atomic mass is 9.88. The molecule has 2 heteroatoms. The highest BCUT2D eigenvalue weighted by Crippen LogP contribution is 2.26. The van der Waals surface area contributed by atoms with Gasteiger partial charge in [0.2, 0.25) is 0 Å². The Morgan fingerprint density at radius 3 is 2.69 bits per heavy atom. The number of rotatable bonds is 1. The van der Waals surface area contributed by atoms with Gasteiger partial charge < -0.3 is 4.98 Å². The van der Waals surface area contributed by atoms with Gasteiger partial charge in [-0.2, -0.15) is 5.26 Å². The van der Waals surface area contributed by atoms with Crippen LogP contribution in [0.4, 0.5) is 0 Å². The molecule has 2 rings (SSSR count). The third kappa shape index (κ3) is 2.09. The zero-order valence-corrected chi connectivity index (χ0v) is 9.96. The molecule has 0 amide bonds. The minimum atomic E-state index is 0.281. The van der Waals surface area contributed by atoms with Gasteiger partial charge in [0.15, 0.2) is 0 Å². The molecule has 2 nitrogen and oxygen atoms in total. The average molecular weight is 212 g/mol. The van der Waals surface area contributed by atoms with Crippen molar-refractivity contribution in [2.24, 2.45) is 5.41 Å². The summed E-state index contributed by atoms with van der Waals surface area (Å²) in [6.07, 6.45) is 3.09. The van der Waals surface area contributed by atoms with Gasteiger partial charge in [0, 0.05) is 17.1 Å². The highest BCUT2D eigenvalue weighted by atomic mass is 14.7. The maximum Gasteiger partial charge on any atom is 0.0992 e. The standard InChI is InChI=1S/C14H16N2/c1-14(2,3)7-11-9-16-13-6-10(8-15)4-5-12(11)13/h4-6,9,16H,7H2,1-3H3. The van der Waals surface area contributed by atoms with Crippen LogP contribution in [-0.2, 0) is 6.42 Å². The molecule has 1 aromatic carbocycles. The lowest BCUT2D eigenvalue weighted by molar-refractivity contribution is 0.412. The Morgan fingerprint density at radius 1 is 1.31 bits per heavy atom. The van der Waals surface area contributed by atoms with Gasteiger partial charge in [0.25, 0.3) is 0 Å². The summed E-state index contributed by atoms with van der Waals surface area (Å²) in [6.45, 7) is 6.69. The van der Waals surface area contributed by atoms with E-state index >= 15 is 0 Å². The summed E-state index contributed by atoms with van der Waals surface area (Å²) in [6, 6.07) is 7.97. The SMILES string of the molecule is CC(C)(C)Cc1c[nH]c2cc(C#N)ccc12. The van der Waals surface area contributed by atoms with E-state index in [1.54, 1.807) is 0 Å². The second-order valence-corrected chi connectivity index (χ2v) is 5.42. The van der Waals surface area contributed by atoms with Gasteiger partial charge in [-0.3, -0.25) is 0 Å². The van der Waals surface area contributed by atoms with Crippen molar-refractivity contribution in [1.29, 1.82) is 5.26 Å². The summed E-state index contributed by atoms with van der Waals surface area (Å²) in [5, 5.41) is 10.1. The van der Waals surface area contributed by atoms with E-state index in [9.17, 15) is 0 Å². The molecule has 0 aliphatic rings. The van der Waals surface area contributed by atoms with E-state index in [-0.39, 0.29) is 5.41 Å². The molecule has 0 bridgehead atoms. The van der Waals surface area contributed by atoms with Gasteiger partial charge in [-0.25, -0.2) is 0 Å². The zero-order valence-electron chi connectivity index (χ0n) is 9.96. The van der Waals surface area contributed by atoms with Crippen LogP contribution in [0.15, 0.2) is 24.4 Å². The summed E-state index contributed by atoms with van der Waals surface area (Å²) in [7, 11) is 0. The first-order chi connectivity index (χ1) is 7.49. The van der Waals surface area contributed by atoms with Crippen molar-refractivity contribution in [2.75, 3.05) is 0 Å². The molecule has 1 N–H and O–H groups in total. The molecule has 0 saturated heterocycles. The second-order valence-electron chi connectivity index (χ2n) is 5.42. The fourth-order valence-corrected chi connectivity index (χ4v) is 1.97. The highest BCUT2D eigenvalue weighted by Gasteiger charge is 2.14. The Kier molecular flexibility index (Phi) is 2.47. The van der Waals surface area contributed by atoms with Crippen LogP contribution >= 0.6 is 0 Å². The number of nitriles is 1. The number of nitrogens with one attached hydrogen (secondary N) is 1. The molecule has 0 aliphatic heterocycles. The number of hydrogen-bond acceptors (Lipinski definition) is 1. The van der Waals surface area contributed by atoms with Crippen molar-refractivity contribution in [1.82, 2.24) is 4.98 Å². The average Bonchev–Trinajstić information content (AvgIpc) is 2.58. The third-order valence-corrected chi connectivity index (χ3v) is 2.62. The third-order valence-electron chi connectivity index (χ3n) is 2.62. The number of nitrogens with zero attached hydrogens (tertiary/aromatic N) is 1. The Hall–Kier alpha value is -1.75. The molecular weight excluding hydrogens is 196 g/mol. The Labute approximate surface area is 95.9 Å². The number of aromatic amines is 1. The van der Waals surface area contributed by atoms with E-state index in [2.05, 4.69) is 38.0 Å². The maximum atomic E-state index is 8.83. The van der Waals surface area contributed by atoms with Gasteiger partial charge >= 0.3 is 0 Å². The molecule has 0 unspecified atom stereocenters. The Morgan fingerprint density at radius 2 is 2.06 bits per heavy atom. The van der Waals surface area contributed by atoms with Crippen molar-refractivity contribution in [2.45, 2.75) is 27.2 Å². The van der Waals surface area contributed by atoms with Gasteiger partial charge in [0.05, 0.1) is 11.6 Å². The van der Waals surface area contributed by atoms with Crippen LogP contribution in [0.3, 0.4) is 0 Å². The molecule has 1 aromatic heterocycles. The number of H-pyrrole nitrogens is 1. The van der Waals surface area contributed by atoms with E-state index in [0.29, 0.717) is 5.56 Å². The van der Waals surface area contributed by atoms with Crippen molar-refractivity contribution in [3.63, 3.8) is 0 Å². The quantitative estimate of drug-likeness (QED) is 0.770. The van der Waals surface area contributed by atoms with Crippen LogP contribution in [0.25, 0.3) is 10.9 Å². The Balaban J connectivity index is 2.47. The fourth-order valence-electron chi connectivity index (χ4n) is 1.97. The lowest BCUT2D eigenvalue weighted by Crippen LogP contribution is -2.08. The van der Waals surface area contributed by atoms with E-state index in [4.69, 9.17) is 5.26 Å². The number of fused-ring (bicyclic) bond motifs is 1. The normalized spacial score (nSPS) is 11.6. The van der Waals surface area contributed by atoms with Crippen LogP contribution in [-0.4, -0.2) is 4.98 Å². The van der Waals surface area contributed by atoms with Crippen LogP contribution in [0, 0.1) is 16.7 Å². The monoisotopic (exact) mass is 212 g/mol. The lowest BCUT2D eigenvalue weighted by Gasteiger charge is -2.17. The Bertz CT molecular complexity index is 550. The molecule has 1 heterocycles. The first kappa shape index (κ1) is 10.8. The topological polar surface area (TPSA) is 39.6 Å². The van der Waals surface area contributed by atoms with Gasteiger partial charge in [-0.1, -0.05) is 26.8 Å². The summed E-state index contributed by atoms with van der Waals surface area (Å²) in [4.78, 5) is 3.23. The predicted molar refractivity (Wildman–Crippen MR) is 66.2 cm³/mol. The number of hydrogen-bond donors (Lipinski definition) is 1. The molecular formula is C14H16N2. The van der Waals surface area contributed by atoms with Crippen LogP contribution in [0.5, 0.6) is 0 Å². The molecule has 0 aliphatic carbocycles. The summed E-state index contributed by atoms with van der Waals surface area (Å²) in [5.41, 5.74) is 3.37. The van der Waals surface area contributed by atoms with Crippen LogP contribution in [0.1, 0.15) is 31.9 Å². The van der Waals surface area contributed by atoms with E-state index < -0.39 is 0 Å². The second kappa shape index (κ2) is 3.68. The van der Waals surface area contributed by atoms with Crippen LogP contribution in [0.2, 0.25) is 0 Å². The van der Waals surface area contributed by atoms with Crippen molar-refractivity contribution < 1.29 is 0 Å². The summed E-state index contributed by atoms with van der Waals surface area (Å²) < 4.78 is 0. The smallest absolute Gasteiger partial charge is 0.0992 e. The first-order valence-corrected chi connectivity index (χ1v) is 5.50. The van der Waals surface area contributed by atoms with Crippen molar-refractivity contribution in [3.05, 3.63) is 35.5 Å². The van der Waals surface area contributed by atoms with E-state index in [0.717, 1.165) is 11.9 Å². The number of benzene rings is 1. The molecule has 82 valence electrons. The zero-order chi connectivity index (χ0) is 11.8. The molecule has 0 spiro atoms. The van der Waals surface area contributed by atoms with Gasteiger partial charge in [-0.05, 0) is 29.5 Å². The van der Waals surface area contributed by atoms with Crippen LogP contribution < -0.4 is 0 Å². The first-order valence-electron chi connectivity index (χ1n) is 5.50. The predicted octanol–water partition coefficient (Wildman–Crippen LogP) is 3.63.